The van der Waals surface area contributed by atoms with Crippen LogP contribution >= 0.6 is 0 Å². The molecule has 0 aliphatic heterocycles. The molecule has 0 amide bonds. The maximum atomic E-state index is 9.06. The van der Waals surface area contributed by atoms with Gasteiger partial charge in [0, 0.05) is 6.61 Å². The van der Waals surface area contributed by atoms with Crippen molar-refractivity contribution in [3.8, 4) is 0 Å². The molecule has 0 heterocycles. The number of hydrogen-bond acceptors (Lipinski definition) is 3. The fourth-order valence-electron chi connectivity index (χ4n) is 2.14. The van der Waals surface area contributed by atoms with Crippen LogP contribution in [0.1, 0.15) is 77.6 Å². The van der Waals surface area contributed by atoms with E-state index in [2.05, 4.69) is 6.92 Å². The second kappa shape index (κ2) is 15.9. The Bertz CT molecular complexity index is 162. The van der Waals surface area contributed by atoms with E-state index in [9.17, 15) is 0 Å². The van der Waals surface area contributed by atoms with E-state index in [-0.39, 0.29) is 13.2 Å². The van der Waals surface area contributed by atoms with Gasteiger partial charge in [0.2, 0.25) is 0 Å². The van der Waals surface area contributed by atoms with Crippen LogP contribution in [0, 0.1) is 0 Å². The van der Waals surface area contributed by atoms with Crippen molar-refractivity contribution in [3.05, 3.63) is 0 Å². The summed E-state index contributed by atoms with van der Waals surface area (Å²) in [5.41, 5.74) is 0. The third-order valence-electron chi connectivity index (χ3n) is 3.41. The smallest absolute Gasteiger partial charge is 0.100 e. The van der Waals surface area contributed by atoms with Gasteiger partial charge in [0.05, 0.1) is 13.2 Å². The normalized spacial score (nSPS) is 12.8. The van der Waals surface area contributed by atoms with E-state index in [0.29, 0.717) is 6.61 Å². The lowest BCUT2D eigenvalue weighted by Crippen LogP contribution is -2.19. The minimum atomic E-state index is -0.715. The topological polar surface area (TPSA) is 49.7 Å². The van der Waals surface area contributed by atoms with Crippen molar-refractivity contribution in [3.63, 3.8) is 0 Å². The van der Waals surface area contributed by atoms with Crippen LogP contribution < -0.4 is 0 Å². The Kier molecular flexibility index (Phi) is 15.8. The summed E-state index contributed by atoms with van der Waals surface area (Å²) in [5, 5.41) is 17.7. The molecule has 116 valence electrons. The molecule has 0 radical (unpaired) electrons. The highest BCUT2D eigenvalue weighted by Gasteiger charge is 2.00. The van der Waals surface area contributed by atoms with E-state index in [0.717, 1.165) is 6.42 Å². The van der Waals surface area contributed by atoms with E-state index in [1.807, 2.05) is 0 Å². The summed E-state index contributed by atoms with van der Waals surface area (Å²) in [5.74, 6) is 0. The number of ether oxygens (including phenoxy) is 1. The van der Waals surface area contributed by atoms with Crippen molar-refractivity contribution in [1.82, 2.24) is 0 Å². The summed E-state index contributed by atoms with van der Waals surface area (Å²) >= 11 is 0. The molecule has 0 saturated heterocycles. The molecule has 0 rings (SSSR count). The van der Waals surface area contributed by atoms with Gasteiger partial charge < -0.3 is 14.9 Å². The van der Waals surface area contributed by atoms with Gasteiger partial charge in [0.1, 0.15) is 6.10 Å². The first-order chi connectivity index (χ1) is 9.31. The zero-order chi connectivity index (χ0) is 14.2. The highest BCUT2D eigenvalue weighted by Crippen LogP contribution is 2.11. The molecule has 1 unspecified atom stereocenters. The first kappa shape index (κ1) is 18.9. The van der Waals surface area contributed by atoms with Gasteiger partial charge >= 0.3 is 0 Å². The van der Waals surface area contributed by atoms with Crippen LogP contribution in [0.2, 0.25) is 0 Å². The second-order valence-corrected chi connectivity index (χ2v) is 5.45. The van der Waals surface area contributed by atoms with E-state index >= 15 is 0 Å². The summed E-state index contributed by atoms with van der Waals surface area (Å²) < 4.78 is 5.26. The van der Waals surface area contributed by atoms with Crippen molar-refractivity contribution in [1.29, 1.82) is 0 Å². The third-order valence-corrected chi connectivity index (χ3v) is 3.41. The summed E-state index contributed by atoms with van der Waals surface area (Å²) in [6, 6.07) is 0. The first-order valence-corrected chi connectivity index (χ1v) is 8.18. The molecule has 0 fully saturated rings. The lowest BCUT2D eigenvalue weighted by Gasteiger charge is -2.07. The maximum absolute atomic E-state index is 9.06. The van der Waals surface area contributed by atoms with Gasteiger partial charge in [-0.1, -0.05) is 71.1 Å². The highest BCUT2D eigenvalue weighted by molar-refractivity contribution is 4.50. The van der Waals surface area contributed by atoms with Crippen LogP contribution in [0.25, 0.3) is 0 Å². The molecule has 2 N–H and O–H groups in total. The number of aliphatic hydroxyl groups is 2. The molecule has 0 aliphatic carbocycles. The van der Waals surface area contributed by atoms with Gasteiger partial charge in [-0.2, -0.15) is 0 Å². The van der Waals surface area contributed by atoms with Crippen LogP contribution in [0.5, 0.6) is 0 Å². The number of aliphatic hydroxyl groups excluding tert-OH is 2. The molecule has 0 saturated carbocycles. The Balaban J connectivity index is 2.95. The predicted octanol–water partition coefficient (Wildman–Crippen LogP) is 3.67. The van der Waals surface area contributed by atoms with Gasteiger partial charge in [-0.05, 0) is 6.42 Å². The van der Waals surface area contributed by atoms with Crippen molar-refractivity contribution < 1.29 is 14.9 Å². The Morgan fingerprint density at radius 3 is 1.74 bits per heavy atom. The van der Waals surface area contributed by atoms with Gasteiger partial charge in [-0.25, -0.2) is 0 Å². The zero-order valence-electron chi connectivity index (χ0n) is 12.8. The third kappa shape index (κ3) is 15.8. The Morgan fingerprint density at radius 1 is 0.789 bits per heavy atom. The Morgan fingerprint density at radius 2 is 1.26 bits per heavy atom. The molecule has 1 atom stereocenters. The molecule has 3 nitrogen and oxygen atoms in total. The van der Waals surface area contributed by atoms with Gasteiger partial charge in [0.15, 0.2) is 0 Å². The molecule has 0 aromatic heterocycles. The van der Waals surface area contributed by atoms with Gasteiger partial charge in [0.25, 0.3) is 0 Å². The van der Waals surface area contributed by atoms with Crippen LogP contribution in [-0.2, 0) is 4.74 Å². The minimum absolute atomic E-state index is 0.210. The molecular weight excluding hydrogens is 240 g/mol. The largest absolute Gasteiger partial charge is 0.394 e. The second-order valence-electron chi connectivity index (χ2n) is 5.45. The molecule has 0 aromatic rings. The quantitative estimate of drug-likeness (QED) is 0.448. The van der Waals surface area contributed by atoms with E-state index in [1.54, 1.807) is 0 Å². The molecule has 19 heavy (non-hydrogen) atoms. The van der Waals surface area contributed by atoms with Crippen LogP contribution in [0.4, 0.5) is 0 Å². The molecule has 0 bridgehead atoms. The lowest BCUT2D eigenvalue weighted by molar-refractivity contribution is 0.00526. The molecule has 0 spiro atoms. The van der Waals surface area contributed by atoms with Crippen molar-refractivity contribution >= 4 is 0 Å². The molecular formula is C16H34O3. The zero-order valence-corrected chi connectivity index (χ0v) is 12.8. The number of unbranched alkanes of at least 4 members (excludes halogenated alkanes) is 10. The van der Waals surface area contributed by atoms with E-state index < -0.39 is 6.10 Å². The van der Waals surface area contributed by atoms with Crippen LogP contribution in [0.3, 0.4) is 0 Å². The lowest BCUT2D eigenvalue weighted by atomic mass is 10.1. The molecule has 0 aromatic carbocycles. The molecule has 3 heteroatoms. The van der Waals surface area contributed by atoms with Crippen molar-refractivity contribution in [2.75, 3.05) is 19.8 Å². The van der Waals surface area contributed by atoms with Crippen LogP contribution in [0.15, 0.2) is 0 Å². The predicted molar refractivity (Wildman–Crippen MR) is 80.4 cm³/mol. The van der Waals surface area contributed by atoms with Crippen molar-refractivity contribution in [2.24, 2.45) is 0 Å². The standard InChI is InChI=1S/C16H34O3/c1-2-3-4-5-6-7-8-9-10-11-12-13-19-15-16(18)14-17/h16-18H,2-15H2,1H3. The summed E-state index contributed by atoms with van der Waals surface area (Å²) in [7, 11) is 0. The SMILES string of the molecule is CCCCCCCCCCCCCOCC(O)CO. The summed E-state index contributed by atoms with van der Waals surface area (Å²) in [4.78, 5) is 0. The first-order valence-electron chi connectivity index (χ1n) is 8.18. The highest BCUT2D eigenvalue weighted by atomic mass is 16.5. The number of hydrogen-bond donors (Lipinski definition) is 2. The maximum Gasteiger partial charge on any atom is 0.100 e. The Labute approximate surface area is 119 Å². The summed E-state index contributed by atoms with van der Waals surface area (Å²) in [6.45, 7) is 3.01. The fraction of sp³-hybridized carbons (Fsp3) is 1.00. The average Bonchev–Trinajstić information content (AvgIpc) is 2.43. The number of rotatable bonds is 15. The summed E-state index contributed by atoms with van der Waals surface area (Å²) in [6.07, 6.45) is 13.9. The van der Waals surface area contributed by atoms with Crippen molar-refractivity contribution in [2.45, 2.75) is 83.7 Å². The van der Waals surface area contributed by atoms with E-state index in [4.69, 9.17) is 14.9 Å². The Hall–Kier alpha value is -0.120. The monoisotopic (exact) mass is 274 g/mol. The minimum Gasteiger partial charge on any atom is -0.394 e. The fourth-order valence-corrected chi connectivity index (χ4v) is 2.14. The van der Waals surface area contributed by atoms with Crippen LogP contribution in [-0.4, -0.2) is 36.1 Å². The van der Waals surface area contributed by atoms with Gasteiger partial charge in [-0.3, -0.25) is 0 Å². The average molecular weight is 274 g/mol. The molecule has 0 aliphatic rings. The van der Waals surface area contributed by atoms with Gasteiger partial charge in [-0.15, -0.1) is 0 Å². The van der Waals surface area contributed by atoms with E-state index in [1.165, 1.54) is 64.2 Å².